The SMILES string of the molecule is CC(=O)N1C=C(c2ccccc2)N(N(C(C)=O)[C@@H](Cc2ccccc2)C(=O)C(=O)OC(C)C)C(=O)C1C(C)O[Si](C)(C)C(C)(C)C. The average Bonchev–Trinajstić information content (AvgIpc) is 2.96. The third kappa shape index (κ3) is 8.19. The summed E-state index contributed by atoms with van der Waals surface area (Å²) in [4.78, 5) is 70.1. The Hall–Kier alpha value is -4.09. The van der Waals surface area contributed by atoms with Crippen LogP contribution in [0.25, 0.3) is 5.70 Å². The number of ketones is 1. The van der Waals surface area contributed by atoms with Gasteiger partial charge in [0.1, 0.15) is 12.1 Å². The second-order valence-corrected chi connectivity index (χ2v) is 18.1. The number of hydrogen-bond donors (Lipinski definition) is 0. The third-order valence-electron chi connectivity index (χ3n) is 8.37. The molecular formula is C35H47N3O7Si. The lowest BCUT2D eigenvalue weighted by atomic mass is 10.00. The number of rotatable bonds is 11. The molecule has 3 rings (SSSR count). The van der Waals surface area contributed by atoms with Gasteiger partial charge in [-0.1, -0.05) is 81.4 Å². The number of amides is 3. The molecule has 0 fully saturated rings. The maximum Gasteiger partial charge on any atom is 0.377 e. The van der Waals surface area contributed by atoms with Crippen molar-refractivity contribution >= 4 is 43.5 Å². The number of Topliss-reactive ketones (excluding diaryl/α,β-unsaturated/α-hetero) is 1. The van der Waals surface area contributed by atoms with Gasteiger partial charge in [-0.05, 0) is 44.5 Å². The molecular weight excluding hydrogens is 602 g/mol. The number of ether oxygens (including phenoxy) is 1. The van der Waals surface area contributed by atoms with Gasteiger partial charge >= 0.3 is 5.97 Å². The fourth-order valence-electron chi connectivity index (χ4n) is 5.11. The first-order chi connectivity index (χ1) is 21.4. The molecule has 1 aliphatic heterocycles. The van der Waals surface area contributed by atoms with E-state index in [0.717, 1.165) is 10.0 Å². The molecule has 10 nitrogen and oxygen atoms in total. The van der Waals surface area contributed by atoms with Gasteiger partial charge in [0.25, 0.3) is 11.7 Å². The molecule has 0 saturated heterocycles. The van der Waals surface area contributed by atoms with E-state index in [0.29, 0.717) is 11.1 Å². The van der Waals surface area contributed by atoms with Crippen LogP contribution in [-0.4, -0.2) is 77.0 Å². The molecule has 0 spiro atoms. The van der Waals surface area contributed by atoms with Crippen molar-refractivity contribution in [1.82, 2.24) is 14.9 Å². The first kappa shape index (κ1) is 36.4. The topological polar surface area (TPSA) is 114 Å². The van der Waals surface area contributed by atoms with Crippen molar-refractivity contribution < 1.29 is 33.1 Å². The molecule has 3 atom stereocenters. The molecule has 1 aliphatic rings. The van der Waals surface area contributed by atoms with Crippen molar-refractivity contribution in [3.05, 3.63) is 78.0 Å². The monoisotopic (exact) mass is 649 g/mol. The quantitative estimate of drug-likeness (QED) is 0.183. The summed E-state index contributed by atoms with van der Waals surface area (Å²) >= 11 is 0. The van der Waals surface area contributed by atoms with Gasteiger partial charge in [0, 0.05) is 32.0 Å². The zero-order chi connectivity index (χ0) is 34.6. The predicted molar refractivity (Wildman–Crippen MR) is 178 cm³/mol. The van der Waals surface area contributed by atoms with Crippen LogP contribution in [0.1, 0.15) is 66.5 Å². The van der Waals surface area contributed by atoms with Gasteiger partial charge in [0.2, 0.25) is 11.8 Å². The van der Waals surface area contributed by atoms with E-state index in [-0.39, 0.29) is 17.2 Å². The minimum Gasteiger partial charge on any atom is -0.457 e. The molecule has 0 saturated carbocycles. The number of carbonyl (C=O) groups excluding carboxylic acids is 5. The fourth-order valence-corrected chi connectivity index (χ4v) is 6.52. The molecule has 2 unspecified atom stereocenters. The van der Waals surface area contributed by atoms with Gasteiger partial charge in [-0.15, -0.1) is 0 Å². The summed E-state index contributed by atoms with van der Waals surface area (Å²) in [6, 6.07) is 15.1. The molecule has 0 N–H and O–H groups in total. The number of carbonyl (C=O) groups is 5. The van der Waals surface area contributed by atoms with Crippen LogP contribution in [0.5, 0.6) is 0 Å². The lowest BCUT2D eigenvalue weighted by Gasteiger charge is -2.48. The second kappa shape index (κ2) is 14.6. The number of esters is 1. The Morgan fingerprint density at radius 1 is 0.913 bits per heavy atom. The number of benzene rings is 2. The number of nitrogens with zero attached hydrogens (tertiary/aromatic N) is 3. The highest BCUT2D eigenvalue weighted by Gasteiger charge is 2.50. The molecule has 46 heavy (non-hydrogen) atoms. The zero-order valence-corrected chi connectivity index (χ0v) is 29.6. The van der Waals surface area contributed by atoms with Crippen LogP contribution < -0.4 is 0 Å². The van der Waals surface area contributed by atoms with E-state index >= 15 is 0 Å². The normalized spacial score (nSPS) is 16.9. The summed E-state index contributed by atoms with van der Waals surface area (Å²) in [7, 11) is -2.44. The molecule has 0 aromatic heterocycles. The first-order valence-electron chi connectivity index (χ1n) is 15.5. The standard InChI is InChI=1S/C35H47N3O7Si/c1-23(2)44-34(43)32(41)29(21-27-17-13-11-14-18-27)37(26(5)40)38-30(28-19-15-12-16-20-28)22-36(25(4)39)31(33(38)42)24(3)45-46(9,10)35(6,7)8/h11-20,22-24,29,31H,21H2,1-10H3/t24?,29-,31?/m0/s1. The smallest absolute Gasteiger partial charge is 0.377 e. The Morgan fingerprint density at radius 3 is 1.93 bits per heavy atom. The number of hydrazine groups is 1. The minimum absolute atomic E-state index is 0.0740. The maximum atomic E-state index is 14.9. The Kier molecular flexibility index (Phi) is 11.5. The summed E-state index contributed by atoms with van der Waals surface area (Å²) < 4.78 is 11.9. The van der Waals surface area contributed by atoms with E-state index in [1.54, 1.807) is 75.4 Å². The van der Waals surface area contributed by atoms with E-state index in [4.69, 9.17) is 9.16 Å². The van der Waals surface area contributed by atoms with Gasteiger partial charge in [-0.3, -0.25) is 19.2 Å². The molecule has 248 valence electrons. The summed E-state index contributed by atoms with van der Waals surface area (Å²) in [6.07, 6.45) is 0.0751. The van der Waals surface area contributed by atoms with E-state index in [2.05, 4.69) is 33.9 Å². The fraction of sp³-hybridized carbons (Fsp3) is 0.457. The number of hydrogen-bond acceptors (Lipinski definition) is 7. The van der Waals surface area contributed by atoms with Crippen LogP contribution in [0.2, 0.25) is 18.1 Å². The summed E-state index contributed by atoms with van der Waals surface area (Å²) in [5.74, 6) is -3.81. The van der Waals surface area contributed by atoms with Gasteiger partial charge in [-0.2, -0.15) is 0 Å². The largest absolute Gasteiger partial charge is 0.457 e. The van der Waals surface area contributed by atoms with E-state index in [1.807, 2.05) is 6.07 Å². The molecule has 0 radical (unpaired) electrons. The van der Waals surface area contributed by atoms with Crippen molar-refractivity contribution in [2.45, 2.75) is 104 Å². The Balaban J connectivity index is 2.29. The summed E-state index contributed by atoms with van der Waals surface area (Å²) in [6.45, 7) is 17.9. The first-order valence-corrected chi connectivity index (χ1v) is 18.4. The molecule has 3 amide bonds. The highest BCUT2D eigenvalue weighted by molar-refractivity contribution is 6.74. The van der Waals surface area contributed by atoms with Crippen molar-refractivity contribution in [3.8, 4) is 0 Å². The molecule has 2 aromatic rings. The van der Waals surface area contributed by atoms with Crippen molar-refractivity contribution in [2.75, 3.05) is 0 Å². The van der Waals surface area contributed by atoms with Gasteiger partial charge in [-0.25, -0.2) is 14.8 Å². The zero-order valence-electron chi connectivity index (χ0n) is 28.6. The van der Waals surface area contributed by atoms with Crippen LogP contribution in [0.3, 0.4) is 0 Å². The van der Waals surface area contributed by atoms with Crippen molar-refractivity contribution in [2.24, 2.45) is 0 Å². The van der Waals surface area contributed by atoms with E-state index < -0.39 is 62.1 Å². The molecule has 0 aliphatic carbocycles. The van der Waals surface area contributed by atoms with Gasteiger partial charge < -0.3 is 14.1 Å². The Bertz CT molecular complexity index is 1470. The highest BCUT2D eigenvalue weighted by atomic mass is 28.4. The van der Waals surface area contributed by atoms with Crippen molar-refractivity contribution in [3.63, 3.8) is 0 Å². The molecule has 11 heteroatoms. The van der Waals surface area contributed by atoms with Crippen LogP contribution in [0, 0.1) is 0 Å². The van der Waals surface area contributed by atoms with Crippen LogP contribution in [-0.2, 0) is 39.6 Å². The third-order valence-corrected chi connectivity index (χ3v) is 12.9. The van der Waals surface area contributed by atoms with Crippen LogP contribution >= 0.6 is 0 Å². The molecule has 2 aromatic carbocycles. The summed E-state index contributed by atoms with van der Waals surface area (Å²) in [5.41, 5.74) is 1.37. The van der Waals surface area contributed by atoms with Crippen LogP contribution in [0.15, 0.2) is 66.9 Å². The maximum absolute atomic E-state index is 14.9. The minimum atomic E-state index is -2.44. The highest BCUT2D eigenvalue weighted by Crippen LogP contribution is 2.39. The van der Waals surface area contributed by atoms with E-state index in [9.17, 15) is 24.0 Å². The predicted octanol–water partition coefficient (Wildman–Crippen LogP) is 5.35. The Morgan fingerprint density at radius 2 is 1.46 bits per heavy atom. The lowest BCUT2D eigenvalue weighted by molar-refractivity contribution is -0.173. The van der Waals surface area contributed by atoms with Gasteiger partial charge in [0.05, 0.1) is 17.9 Å². The summed E-state index contributed by atoms with van der Waals surface area (Å²) in [5, 5.41) is 1.98. The van der Waals surface area contributed by atoms with E-state index in [1.165, 1.54) is 24.9 Å². The average molecular weight is 650 g/mol. The molecule has 1 heterocycles. The lowest BCUT2D eigenvalue weighted by Crippen LogP contribution is -2.65. The Labute approximate surface area is 273 Å². The molecule has 0 bridgehead atoms. The second-order valence-electron chi connectivity index (χ2n) is 13.4. The van der Waals surface area contributed by atoms with Crippen LogP contribution in [0.4, 0.5) is 0 Å². The van der Waals surface area contributed by atoms with Crippen molar-refractivity contribution in [1.29, 1.82) is 0 Å². The van der Waals surface area contributed by atoms with Gasteiger partial charge in [0.15, 0.2) is 8.32 Å².